The van der Waals surface area contributed by atoms with E-state index in [1.807, 2.05) is 36.4 Å². The fraction of sp³-hybridized carbons (Fsp3) is 0.308. The summed E-state index contributed by atoms with van der Waals surface area (Å²) in [6.45, 7) is 5.06. The number of rotatable bonds is 8. The Morgan fingerprint density at radius 3 is 2.48 bits per heavy atom. The average molecular weight is 529 g/mol. The van der Waals surface area contributed by atoms with Gasteiger partial charge in [0.2, 0.25) is 0 Å². The number of halogens is 1. The number of para-hydroxylation sites is 2. The quantitative estimate of drug-likeness (QED) is 0.330. The summed E-state index contributed by atoms with van der Waals surface area (Å²) in [5.41, 5.74) is 2.31. The summed E-state index contributed by atoms with van der Waals surface area (Å²) < 4.78 is 20.0. The van der Waals surface area contributed by atoms with Crippen molar-refractivity contribution in [1.29, 1.82) is 0 Å². The van der Waals surface area contributed by atoms with Crippen molar-refractivity contribution in [2.45, 2.75) is 25.6 Å². The first-order valence-corrected chi connectivity index (χ1v) is 11.9. The van der Waals surface area contributed by atoms with Crippen LogP contribution < -0.4 is 14.4 Å². The van der Waals surface area contributed by atoms with Crippen molar-refractivity contribution in [3.05, 3.63) is 88.0 Å². The van der Waals surface area contributed by atoms with Crippen molar-refractivity contribution >= 4 is 28.3 Å². The van der Waals surface area contributed by atoms with E-state index in [-0.39, 0.29) is 12.2 Å². The van der Waals surface area contributed by atoms with Crippen LogP contribution in [0.15, 0.2) is 78.9 Å². The molecule has 0 aliphatic carbocycles. The molecule has 0 radical (unpaired) electrons. The van der Waals surface area contributed by atoms with Gasteiger partial charge in [0.05, 0.1) is 16.8 Å². The Bertz CT molecular complexity index is 951. The van der Waals surface area contributed by atoms with Crippen LogP contribution in [0.25, 0.3) is 0 Å². The molecule has 31 heavy (non-hydrogen) atoms. The number of ether oxygens (including phenoxy) is 3. The van der Waals surface area contributed by atoms with E-state index >= 15 is 0 Å². The summed E-state index contributed by atoms with van der Waals surface area (Å²) in [5, 5.41) is 0. The highest BCUT2D eigenvalue weighted by molar-refractivity contribution is 14.1. The molecule has 1 fully saturated rings. The minimum atomic E-state index is -0.243. The maximum Gasteiger partial charge on any atom is 0.175 e. The molecular weight excluding hydrogens is 501 g/mol. The minimum absolute atomic E-state index is 0.105. The number of nitrogens with zero attached hydrogens (tertiary/aromatic N) is 1. The highest BCUT2D eigenvalue weighted by Gasteiger charge is 2.32. The highest BCUT2D eigenvalue weighted by Crippen LogP contribution is 2.38. The van der Waals surface area contributed by atoms with Crippen molar-refractivity contribution < 1.29 is 14.2 Å². The molecule has 3 aromatic carbocycles. The predicted octanol–water partition coefficient (Wildman–Crippen LogP) is 6.11. The third-order valence-corrected chi connectivity index (χ3v) is 6.17. The number of morpholine rings is 1. The second-order valence-electron chi connectivity index (χ2n) is 7.56. The van der Waals surface area contributed by atoms with Gasteiger partial charge in [-0.2, -0.15) is 0 Å². The Hall–Kier alpha value is -2.25. The van der Waals surface area contributed by atoms with Gasteiger partial charge >= 0.3 is 0 Å². The van der Waals surface area contributed by atoms with E-state index in [1.165, 1.54) is 5.69 Å². The summed E-state index contributed by atoms with van der Waals surface area (Å²) >= 11 is 2.32. The number of anilines is 1. The summed E-state index contributed by atoms with van der Waals surface area (Å²) in [6.07, 6.45) is 0.601. The lowest BCUT2D eigenvalue weighted by Crippen LogP contribution is -2.46. The highest BCUT2D eigenvalue weighted by atomic mass is 127. The van der Waals surface area contributed by atoms with Gasteiger partial charge in [-0.3, -0.25) is 0 Å². The second kappa shape index (κ2) is 10.9. The van der Waals surface area contributed by atoms with Crippen LogP contribution in [0.1, 0.15) is 25.0 Å². The normalized spacial score (nSPS) is 17.2. The third kappa shape index (κ3) is 5.52. The first-order valence-electron chi connectivity index (χ1n) is 10.8. The standard InChI is InChI=1S/C26H28INO3/c1-2-17-29-23-15-9-14-22(27)26(23)31-25(20-10-5-3-6-11-20)24-19-28(16-18-30-24)21-12-7-4-8-13-21/h3-15,24-25H,2,16-19H2,1H3/t24?,25-/m0/s1. The van der Waals surface area contributed by atoms with Gasteiger partial charge in [-0.15, -0.1) is 0 Å². The summed E-state index contributed by atoms with van der Waals surface area (Å²) in [7, 11) is 0. The van der Waals surface area contributed by atoms with Crippen LogP contribution in [0.5, 0.6) is 11.5 Å². The van der Waals surface area contributed by atoms with Crippen LogP contribution in [-0.2, 0) is 4.74 Å². The second-order valence-corrected chi connectivity index (χ2v) is 8.72. The van der Waals surface area contributed by atoms with E-state index in [0.29, 0.717) is 13.2 Å². The Kier molecular flexibility index (Phi) is 7.70. The van der Waals surface area contributed by atoms with Gasteiger partial charge in [0.1, 0.15) is 6.10 Å². The zero-order valence-corrected chi connectivity index (χ0v) is 19.9. The van der Waals surface area contributed by atoms with Crippen LogP contribution in [0.2, 0.25) is 0 Å². The zero-order valence-electron chi connectivity index (χ0n) is 17.7. The van der Waals surface area contributed by atoms with Crippen molar-refractivity contribution in [2.75, 3.05) is 31.2 Å². The fourth-order valence-electron chi connectivity index (χ4n) is 3.79. The SMILES string of the molecule is CCCOc1cccc(I)c1O[C@@H](c1ccccc1)C1CN(c2ccccc2)CCO1. The molecule has 3 aromatic rings. The van der Waals surface area contributed by atoms with Crippen molar-refractivity contribution in [1.82, 2.24) is 0 Å². The summed E-state index contributed by atoms with van der Waals surface area (Å²) in [5.74, 6) is 1.57. The largest absolute Gasteiger partial charge is 0.490 e. The molecule has 5 heteroatoms. The average Bonchev–Trinajstić information content (AvgIpc) is 2.83. The summed E-state index contributed by atoms with van der Waals surface area (Å²) in [4.78, 5) is 2.37. The molecule has 1 saturated heterocycles. The van der Waals surface area contributed by atoms with Crippen molar-refractivity contribution in [3.8, 4) is 11.5 Å². The molecule has 1 aliphatic rings. The molecule has 0 spiro atoms. The van der Waals surface area contributed by atoms with Gasteiger partial charge < -0.3 is 19.1 Å². The molecule has 4 nitrogen and oxygen atoms in total. The van der Waals surface area contributed by atoms with Crippen LogP contribution in [0.3, 0.4) is 0 Å². The van der Waals surface area contributed by atoms with Gasteiger partial charge in [0.15, 0.2) is 17.6 Å². The molecule has 0 amide bonds. The first kappa shape index (κ1) is 22.0. The van der Waals surface area contributed by atoms with Gasteiger partial charge in [-0.05, 0) is 58.8 Å². The predicted molar refractivity (Wildman–Crippen MR) is 133 cm³/mol. The number of benzene rings is 3. The maximum atomic E-state index is 6.70. The third-order valence-electron chi connectivity index (χ3n) is 5.32. The maximum absolute atomic E-state index is 6.70. The minimum Gasteiger partial charge on any atom is -0.490 e. The molecule has 0 aromatic heterocycles. The van der Waals surface area contributed by atoms with Gasteiger partial charge in [-0.25, -0.2) is 0 Å². The smallest absolute Gasteiger partial charge is 0.175 e. The molecule has 0 bridgehead atoms. The molecule has 1 aliphatic heterocycles. The van der Waals surface area contributed by atoms with E-state index in [0.717, 1.165) is 40.1 Å². The molecule has 1 unspecified atom stereocenters. The molecular formula is C26H28INO3. The van der Waals surface area contributed by atoms with Crippen LogP contribution in [0, 0.1) is 3.57 Å². The number of hydrogen-bond donors (Lipinski definition) is 0. The lowest BCUT2D eigenvalue weighted by atomic mass is 10.0. The lowest BCUT2D eigenvalue weighted by molar-refractivity contribution is -0.0360. The van der Waals surface area contributed by atoms with Gasteiger partial charge in [-0.1, -0.05) is 61.5 Å². The van der Waals surface area contributed by atoms with Gasteiger partial charge in [0.25, 0.3) is 0 Å². The van der Waals surface area contributed by atoms with Gasteiger partial charge in [0, 0.05) is 18.8 Å². The molecule has 162 valence electrons. The Morgan fingerprint density at radius 1 is 1.00 bits per heavy atom. The van der Waals surface area contributed by atoms with E-state index in [2.05, 4.69) is 76.9 Å². The Balaban J connectivity index is 1.63. The molecule has 1 heterocycles. The molecule has 2 atom stereocenters. The van der Waals surface area contributed by atoms with Crippen LogP contribution >= 0.6 is 22.6 Å². The Morgan fingerprint density at radius 2 is 1.74 bits per heavy atom. The van der Waals surface area contributed by atoms with Crippen LogP contribution in [-0.4, -0.2) is 32.4 Å². The summed E-state index contributed by atoms with van der Waals surface area (Å²) in [6, 6.07) is 26.9. The van der Waals surface area contributed by atoms with E-state index in [1.54, 1.807) is 0 Å². The lowest BCUT2D eigenvalue weighted by Gasteiger charge is -2.38. The topological polar surface area (TPSA) is 30.9 Å². The van der Waals surface area contributed by atoms with Crippen molar-refractivity contribution in [3.63, 3.8) is 0 Å². The van der Waals surface area contributed by atoms with E-state index in [9.17, 15) is 0 Å². The zero-order chi connectivity index (χ0) is 21.5. The molecule has 0 saturated carbocycles. The van der Waals surface area contributed by atoms with E-state index in [4.69, 9.17) is 14.2 Å². The van der Waals surface area contributed by atoms with E-state index < -0.39 is 0 Å². The van der Waals surface area contributed by atoms with Crippen molar-refractivity contribution in [2.24, 2.45) is 0 Å². The molecule has 4 rings (SSSR count). The first-order chi connectivity index (χ1) is 15.3. The molecule has 0 N–H and O–H groups in total. The Labute approximate surface area is 198 Å². The fourth-order valence-corrected chi connectivity index (χ4v) is 4.39. The van der Waals surface area contributed by atoms with Crippen LogP contribution in [0.4, 0.5) is 5.69 Å². The number of hydrogen-bond acceptors (Lipinski definition) is 4. The monoisotopic (exact) mass is 529 g/mol.